The summed E-state index contributed by atoms with van der Waals surface area (Å²) in [5, 5.41) is 0. The summed E-state index contributed by atoms with van der Waals surface area (Å²) in [4.78, 5) is 7.67. The predicted octanol–water partition coefficient (Wildman–Crippen LogP) is 4.64. The third-order valence-corrected chi connectivity index (χ3v) is 3.51. The number of aliphatic imine (C=N–C) groups is 1. The molecular formula is C16H10F6N2O. The maximum absolute atomic E-state index is 13.1. The number of hydrogen-bond acceptors (Lipinski definition) is 3. The van der Waals surface area contributed by atoms with E-state index in [0.717, 1.165) is 12.1 Å². The molecule has 0 spiro atoms. The molecule has 25 heavy (non-hydrogen) atoms. The van der Waals surface area contributed by atoms with Gasteiger partial charge >= 0.3 is 12.4 Å². The first kappa shape index (κ1) is 17.2. The van der Waals surface area contributed by atoms with Crippen molar-refractivity contribution in [3.8, 4) is 17.0 Å². The number of nitrogens with zero attached hydrogens (tertiary/aromatic N) is 2. The summed E-state index contributed by atoms with van der Waals surface area (Å²) in [7, 11) is 0. The first-order chi connectivity index (χ1) is 11.6. The van der Waals surface area contributed by atoms with Crippen molar-refractivity contribution in [2.75, 3.05) is 6.61 Å². The van der Waals surface area contributed by atoms with Gasteiger partial charge in [0.2, 0.25) is 5.88 Å². The number of hydrogen-bond donors (Lipinski definition) is 0. The normalized spacial score (nSPS) is 13.8. The molecule has 1 aliphatic heterocycles. The molecule has 1 aromatic carbocycles. The lowest BCUT2D eigenvalue weighted by molar-refractivity contribution is -0.154. The van der Waals surface area contributed by atoms with Crippen LogP contribution in [0.1, 0.15) is 16.7 Å². The van der Waals surface area contributed by atoms with E-state index in [1.165, 1.54) is 24.5 Å². The van der Waals surface area contributed by atoms with Crippen LogP contribution in [0, 0.1) is 0 Å². The van der Waals surface area contributed by atoms with Gasteiger partial charge in [0.1, 0.15) is 0 Å². The predicted molar refractivity (Wildman–Crippen MR) is 77.5 cm³/mol. The summed E-state index contributed by atoms with van der Waals surface area (Å²) >= 11 is 0. The van der Waals surface area contributed by atoms with Gasteiger partial charge in [-0.15, -0.1) is 0 Å². The van der Waals surface area contributed by atoms with E-state index < -0.39 is 24.5 Å². The Bertz CT molecular complexity index is 826. The van der Waals surface area contributed by atoms with Crippen molar-refractivity contribution >= 4 is 6.21 Å². The topological polar surface area (TPSA) is 34.5 Å². The van der Waals surface area contributed by atoms with E-state index in [2.05, 4.69) is 14.7 Å². The second-order valence-corrected chi connectivity index (χ2v) is 5.32. The maximum atomic E-state index is 13.1. The zero-order valence-corrected chi connectivity index (χ0v) is 12.4. The van der Waals surface area contributed by atoms with Gasteiger partial charge in [-0.3, -0.25) is 4.99 Å². The molecule has 0 bridgehead atoms. The number of aromatic nitrogens is 1. The van der Waals surface area contributed by atoms with Crippen LogP contribution in [0.2, 0.25) is 0 Å². The van der Waals surface area contributed by atoms with Gasteiger partial charge in [0.15, 0.2) is 6.61 Å². The molecule has 0 unspecified atom stereocenters. The Kier molecular flexibility index (Phi) is 4.18. The van der Waals surface area contributed by atoms with Gasteiger partial charge in [-0.25, -0.2) is 4.98 Å². The van der Waals surface area contributed by atoms with Crippen molar-refractivity contribution in [1.82, 2.24) is 4.98 Å². The molecule has 2 heterocycles. The molecule has 3 nitrogen and oxygen atoms in total. The summed E-state index contributed by atoms with van der Waals surface area (Å²) in [6.45, 7) is -1.52. The average molecular weight is 360 g/mol. The second-order valence-electron chi connectivity index (χ2n) is 5.32. The zero-order valence-electron chi connectivity index (χ0n) is 12.4. The van der Waals surface area contributed by atoms with Crippen LogP contribution in [-0.2, 0) is 12.7 Å². The van der Waals surface area contributed by atoms with E-state index in [1.807, 2.05) is 0 Å². The summed E-state index contributed by atoms with van der Waals surface area (Å²) in [5.41, 5.74) is -0.0236. The highest BCUT2D eigenvalue weighted by molar-refractivity contribution is 5.95. The Morgan fingerprint density at radius 1 is 1.04 bits per heavy atom. The van der Waals surface area contributed by atoms with E-state index in [1.54, 1.807) is 0 Å². The number of alkyl halides is 6. The van der Waals surface area contributed by atoms with Gasteiger partial charge in [-0.2, -0.15) is 26.3 Å². The highest BCUT2D eigenvalue weighted by atomic mass is 19.4. The quantitative estimate of drug-likeness (QED) is 0.748. The smallest absolute Gasteiger partial charge is 0.422 e. The minimum atomic E-state index is -4.60. The number of fused-ring (bicyclic) bond motifs is 1. The van der Waals surface area contributed by atoms with Crippen molar-refractivity contribution in [2.24, 2.45) is 4.99 Å². The Morgan fingerprint density at radius 3 is 2.48 bits per heavy atom. The zero-order chi connectivity index (χ0) is 18.2. The number of rotatable bonds is 3. The van der Waals surface area contributed by atoms with Gasteiger partial charge in [0, 0.05) is 23.5 Å². The molecule has 2 aromatic rings. The highest BCUT2D eigenvalue weighted by Crippen LogP contribution is 2.39. The summed E-state index contributed by atoms with van der Waals surface area (Å²) in [5.74, 6) is -0.387. The van der Waals surface area contributed by atoms with Crippen molar-refractivity contribution in [1.29, 1.82) is 0 Å². The van der Waals surface area contributed by atoms with E-state index in [4.69, 9.17) is 0 Å². The standard InChI is InChI=1S/C16H10F6N2O/c17-15(18,19)8-25-14-11(2-1-3-24-14)12-5-10(16(20,21)22)4-9-6-23-7-13(9)12/h1-5,7H,6,8H2. The van der Waals surface area contributed by atoms with Crippen LogP contribution in [0.15, 0.2) is 35.5 Å². The third kappa shape index (κ3) is 3.75. The molecule has 1 aliphatic rings. The first-order valence-corrected chi connectivity index (χ1v) is 7.04. The number of benzene rings is 1. The van der Waals surface area contributed by atoms with E-state index in [0.29, 0.717) is 11.1 Å². The Labute approximate surface area is 138 Å². The maximum Gasteiger partial charge on any atom is 0.422 e. The fourth-order valence-electron chi connectivity index (χ4n) is 2.48. The molecule has 0 atom stereocenters. The van der Waals surface area contributed by atoms with Crippen molar-refractivity contribution in [3.63, 3.8) is 0 Å². The Morgan fingerprint density at radius 2 is 1.80 bits per heavy atom. The average Bonchev–Trinajstić information content (AvgIpc) is 2.99. The van der Waals surface area contributed by atoms with Crippen molar-refractivity contribution in [3.05, 3.63) is 47.2 Å². The first-order valence-electron chi connectivity index (χ1n) is 7.04. The van der Waals surface area contributed by atoms with Gasteiger partial charge in [-0.1, -0.05) is 0 Å². The van der Waals surface area contributed by atoms with Crippen LogP contribution >= 0.6 is 0 Å². The van der Waals surface area contributed by atoms with Crippen LogP contribution in [0.25, 0.3) is 11.1 Å². The van der Waals surface area contributed by atoms with Crippen LogP contribution in [0.4, 0.5) is 26.3 Å². The van der Waals surface area contributed by atoms with Crippen LogP contribution in [0.3, 0.4) is 0 Å². The lowest BCUT2D eigenvalue weighted by Crippen LogP contribution is -2.20. The van der Waals surface area contributed by atoms with Gasteiger partial charge < -0.3 is 4.74 Å². The molecule has 0 amide bonds. The molecule has 9 heteroatoms. The molecule has 3 rings (SSSR count). The Hall–Kier alpha value is -2.58. The minimum Gasteiger partial charge on any atom is -0.468 e. The van der Waals surface area contributed by atoms with Crippen molar-refractivity contribution in [2.45, 2.75) is 18.9 Å². The van der Waals surface area contributed by atoms with Crippen LogP contribution < -0.4 is 4.74 Å². The largest absolute Gasteiger partial charge is 0.468 e. The number of pyridine rings is 1. The molecular weight excluding hydrogens is 350 g/mol. The molecule has 132 valence electrons. The lowest BCUT2D eigenvalue weighted by Gasteiger charge is -2.16. The molecule has 0 fully saturated rings. The Balaban J connectivity index is 2.11. The monoisotopic (exact) mass is 360 g/mol. The SMILES string of the molecule is FC(F)(F)COc1ncccc1-c1cc(C(F)(F)F)cc2c1C=NC2. The van der Waals surface area contributed by atoms with Gasteiger partial charge in [-0.05, 0) is 35.4 Å². The number of halogens is 6. The number of ether oxygens (including phenoxy) is 1. The molecule has 0 radical (unpaired) electrons. The van der Waals surface area contributed by atoms with Crippen LogP contribution in [0.5, 0.6) is 5.88 Å². The third-order valence-electron chi connectivity index (χ3n) is 3.51. The van der Waals surface area contributed by atoms with E-state index >= 15 is 0 Å². The summed E-state index contributed by atoms with van der Waals surface area (Å²) in [6, 6.07) is 4.63. The fraction of sp³-hybridized carbons (Fsp3) is 0.250. The van der Waals surface area contributed by atoms with E-state index in [9.17, 15) is 26.3 Å². The molecule has 0 aliphatic carbocycles. The minimum absolute atomic E-state index is 0.0439. The van der Waals surface area contributed by atoms with Gasteiger partial charge in [0.05, 0.1) is 12.1 Å². The highest BCUT2D eigenvalue weighted by Gasteiger charge is 2.33. The van der Waals surface area contributed by atoms with Gasteiger partial charge in [0.25, 0.3) is 0 Å². The molecule has 1 aromatic heterocycles. The summed E-state index contributed by atoms with van der Waals surface area (Å²) < 4.78 is 81.2. The summed E-state index contributed by atoms with van der Waals surface area (Å²) in [6.07, 6.45) is -6.59. The lowest BCUT2D eigenvalue weighted by atomic mass is 9.94. The van der Waals surface area contributed by atoms with Crippen LogP contribution in [-0.4, -0.2) is 24.0 Å². The molecule has 0 N–H and O–H groups in total. The second kappa shape index (κ2) is 6.05. The molecule has 0 saturated heterocycles. The van der Waals surface area contributed by atoms with Crippen molar-refractivity contribution < 1.29 is 31.1 Å². The van der Waals surface area contributed by atoms with E-state index in [-0.39, 0.29) is 23.6 Å². The fourth-order valence-corrected chi connectivity index (χ4v) is 2.48. The molecule has 0 saturated carbocycles.